The van der Waals surface area contributed by atoms with Crippen molar-refractivity contribution in [3.05, 3.63) is 50.4 Å². The van der Waals surface area contributed by atoms with Gasteiger partial charge in [0.25, 0.3) is 0 Å². The highest BCUT2D eigenvalue weighted by atomic mass is 35.5. The molecule has 1 aromatic carbocycles. The highest BCUT2D eigenvalue weighted by molar-refractivity contribution is 7.15. The molecule has 0 bridgehead atoms. The molecule has 1 fully saturated rings. The molecule has 154 valence electrons. The zero-order valence-electron chi connectivity index (χ0n) is 16.4. The third-order valence-electron chi connectivity index (χ3n) is 5.08. The van der Waals surface area contributed by atoms with Crippen molar-refractivity contribution in [3.63, 3.8) is 0 Å². The van der Waals surface area contributed by atoms with Crippen molar-refractivity contribution in [3.8, 4) is 0 Å². The van der Waals surface area contributed by atoms with Crippen LogP contribution in [-0.4, -0.2) is 29.1 Å². The highest BCUT2D eigenvalue weighted by Gasteiger charge is 2.26. The standard InChI is InChI=1S/C22H24ClNO4S/c1-2-28-21(26)10-14-7-8-16(11-17(25)12-20-24-13-19(23)29-20)18(9-14)22(27)15-5-3-4-6-15/h7-9,13,15H,2-6,10-12H2,1H3. The topological polar surface area (TPSA) is 73.3 Å². The van der Waals surface area contributed by atoms with Gasteiger partial charge >= 0.3 is 5.97 Å². The number of hydrogen-bond donors (Lipinski definition) is 0. The molecule has 0 radical (unpaired) electrons. The lowest BCUT2D eigenvalue weighted by Crippen LogP contribution is -2.17. The fourth-order valence-electron chi connectivity index (χ4n) is 3.72. The summed E-state index contributed by atoms with van der Waals surface area (Å²) in [5.74, 6) is -0.265. The average Bonchev–Trinajstić information content (AvgIpc) is 3.34. The van der Waals surface area contributed by atoms with Crippen molar-refractivity contribution < 1.29 is 19.1 Å². The molecule has 0 amide bonds. The number of nitrogens with zero attached hydrogens (tertiary/aromatic N) is 1. The Labute approximate surface area is 179 Å². The third-order valence-corrected chi connectivity index (χ3v) is 6.20. The smallest absolute Gasteiger partial charge is 0.310 e. The van der Waals surface area contributed by atoms with Crippen molar-refractivity contribution in [2.45, 2.75) is 51.9 Å². The molecule has 0 spiro atoms. The van der Waals surface area contributed by atoms with Crippen molar-refractivity contribution in [2.75, 3.05) is 6.61 Å². The second-order valence-corrected chi connectivity index (χ2v) is 9.02. The number of benzene rings is 1. The number of hydrogen-bond acceptors (Lipinski definition) is 6. The number of rotatable bonds is 9. The fraction of sp³-hybridized carbons (Fsp3) is 0.455. The summed E-state index contributed by atoms with van der Waals surface area (Å²) in [6.07, 6.45) is 5.87. The highest BCUT2D eigenvalue weighted by Crippen LogP contribution is 2.30. The van der Waals surface area contributed by atoms with Crippen molar-refractivity contribution in [2.24, 2.45) is 5.92 Å². The van der Waals surface area contributed by atoms with Gasteiger partial charge in [-0.05, 0) is 37.0 Å². The number of aromatic nitrogens is 1. The molecule has 5 nitrogen and oxygen atoms in total. The Morgan fingerprint density at radius 2 is 1.93 bits per heavy atom. The molecule has 1 aromatic heterocycles. The molecule has 29 heavy (non-hydrogen) atoms. The van der Waals surface area contributed by atoms with Gasteiger partial charge in [-0.3, -0.25) is 14.4 Å². The lowest BCUT2D eigenvalue weighted by Gasteiger charge is -2.14. The number of halogens is 1. The maximum absolute atomic E-state index is 13.1. The van der Waals surface area contributed by atoms with E-state index >= 15 is 0 Å². The quantitative estimate of drug-likeness (QED) is 0.425. The minimum atomic E-state index is -0.323. The van der Waals surface area contributed by atoms with Crippen LogP contribution in [0.15, 0.2) is 24.4 Å². The lowest BCUT2D eigenvalue weighted by molar-refractivity contribution is -0.142. The van der Waals surface area contributed by atoms with E-state index in [1.54, 1.807) is 25.1 Å². The van der Waals surface area contributed by atoms with Gasteiger partial charge in [0.05, 0.1) is 25.6 Å². The number of ether oxygens (including phenoxy) is 1. The van der Waals surface area contributed by atoms with Gasteiger partial charge < -0.3 is 4.74 Å². The molecule has 1 aliphatic rings. The first-order valence-corrected chi connectivity index (χ1v) is 11.1. The maximum atomic E-state index is 13.1. The van der Waals surface area contributed by atoms with Crippen LogP contribution in [0.2, 0.25) is 4.34 Å². The van der Waals surface area contributed by atoms with E-state index in [2.05, 4.69) is 4.98 Å². The Balaban J connectivity index is 1.80. The molecular formula is C22H24ClNO4S. The molecule has 2 aromatic rings. The maximum Gasteiger partial charge on any atom is 0.310 e. The summed E-state index contributed by atoms with van der Waals surface area (Å²) in [7, 11) is 0. The molecule has 0 atom stereocenters. The predicted octanol–water partition coefficient (Wildman–Crippen LogP) is 4.63. The molecule has 7 heteroatoms. The fourth-order valence-corrected chi connectivity index (χ4v) is 4.70. The Morgan fingerprint density at radius 1 is 1.17 bits per heavy atom. The third kappa shape index (κ3) is 5.97. The molecule has 3 rings (SSSR count). The summed E-state index contributed by atoms with van der Waals surface area (Å²) < 4.78 is 5.56. The van der Waals surface area contributed by atoms with Crippen LogP contribution in [0.3, 0.4) is 0 Å². The Hall–Kier alpha value is -2.05. The van der Waals surface area contributed by atoms with Gasteiger partial charge in [0.2, 0.25) is 0 Å². The van der Waals surface area contributed by atoms with Gasteiger partial charge in [-0.15, -0.1) is 11.3 Å². The molecule has 1 heterocycles. The zero-order valence-corrected chi connectivity index (χ0v) is 18.0. The van der Waals surface area contributed by atoms with E-state index in [1.165, 1.54) is 17.5 Å². The van der Waals surface area contributed by atoms with Gasteiger partial charge in [-0.25, -0.2) is 4.98 Å². The number of esters is 1. The zero-order chi connectivity index (χ0) is 20.8. The van der Waals surface area contributed by atoms with E-state index < -0.39 is 0 Å². The first-order valence-electron chi connectivity index (χ1n) is 9.89. The van der Waals surface area contributed by atoms with E-state index in [-0.39, 0.29) is 42.7 Å². The van der Waals surface area contributed by atoms with Crippen LogP contribution < -0.4 is 0 Å². The monoisotopic (exact) mass is 433 g/mol. The van der Waals surface area contributed by atoms with Crippen LogP contribution in [0.4, 0.5) is 0 Å². The van der Waals surface area contributed by atoms with Gasteiger partial charge in [-0.1, -0.05) is 36.6 Å². The summed E-state index contributed by atoms with van der Waals surface area (Å²) in [6, 6.07) is 5.36. The normalized spacial score (nSPS) is 14.1. The van der Waals surface area contributed by atoms with Crippen LogP contribution in [0.1, 0.15) is 59.1 Å². The van der Waals surface area contributed by atoms with Crippen LogP contribution in [0.25, 0.3) is 0 Å². The van der Waals surface area contributed by atoms with E-state index in [0.29, 0.717) is 27.1 Å². The van der Waals surface area contributed by atoms with E-state index in [0.717, 1.165) is 31.2 Å². The first kappa shape index (κ1) is 21.7. The average molecular weight is 434 g/mol. The second kappa shape index (κ2) is 10.1. The first-order chi connectivity index (χ1) is 14.0. The van der Waals surface area contributed by atoms with E-state index in [9.17, 15) is 14.4 Å². The van der Waals surface area contributed by atoms with Crippen LogP contribution in [0.5, 0.6) is 0 Å². The van der Waals surface area contributed by atoms with E-state index in [1.807, 2.05) is 0 Å². The molecule has 0 unspecified atom stereocenters. The Bertz CT molecular complexity index is 902. The molecule has 0 N–H and O–H groups in total. The van der Waals surface area contributed by atoms with Crippen LogP contribution in [-0.2, 0) is 33.6 Å². The number of thiazole rings is 1. The van der Waals surface area contributed by atoms with Crippen molar-refractivity contribution in [1.82, 2.24) is 4.98 Å². The molecular weight excluding hydrogens is 410 g/mol. The lowest BCUT2D eigenvalue weighted by atomic mass is 9.89. The van der Waals surface area contributed by atoms with Crippen molar-refractivity contribution in [1.29, 1.82) is 0 Å². The number of carbonyl (C=O) groups is 3. The number of Topliss-reactive ketones (excluding diaryl/α,β-unsaturated/α-hetero) is 2. The van der Waals surface area contributed by atoms with Gasteiger partial charge in [-0.2, -0.15) is 0 Å². The minimum Gasteiger partial charge on any atom is -0.466 e. The Kier molecular flexibility index (Phi) is 7.56. The second-order valence-electron chi connectivity index (χ2n) is 7.27. The summed E-state index contributed by atoms with van der Waals surface area (Å²) in [6.45, 7) is 2.08. The largest absolute Gasteiger partial charge is 0.466 e. The van der Waals surface area contributed by atoms with Gasteiger partial charge in [0, 0.05) is 17.9 Å². The van der Waals surface area contributed by atoms with Gasteiger partial charge in [0.15, 0.2) is 5.78 Å². The summed E-state index contributed by atoms with van der Waals surface area (Å²) in [4.78, 5) is 41.7. The summed E-state index contributed by atoms with van der Waals surface area (Å²) in [5, 5.41) is 0.669. The minimum absolute atomic E-state index is 0.000496. The summed E-state index contributed by atoms with van der Waals surface area (Å²) >= 11 is 7.17. The van der Waals surface area contributed by atoms with Crippen LogP contribution >= 0.6 is 22.9 Å². The van der Waals surface area contributed by atoms with Gasteiger partial charge in [0.1, 0.15) is 15.1 Å². The van der Waals surface area contributed by atoms with Crippen LogP contribution in [0, 0.1) is 5.92 Å². The molecule has 0 saturated heterocycles. The Morgan fingerprint density at radius 3 is 2.59 bits per heavy atom. The molecule has 1 aliphatic carbocycles. The van der Waals surface area contributed by atoms with Crippen molar-refractivity contribution >= 4 is 40.5 Å². The summed E-state index contributed by atoms with van der Waals surface area (Å²) in [5.41, 5.74) is 2.00. The van der Waals surface area contributed by atoms with E-state index in [4.69, 9.17) is 16.3 Å². The SMILES string of the molecule is CCOC(=O)Cc1ccc(CC(=O)Cc2ncc(Cl)s2)c(C(=O)C2CCCC2)c1. The molecule has 0 aliphatic heterocycles. The molecule has 1 saturated carbocycles. The predicted molar refractivity (Wildman–Crippen MR) is 113 cm³/mol. The number of ketones is 2. The number of carbonyl (C=O) groups excluding carboxylic acids is 3.